The fourth-order valence-electron chi connectivity index (χ4n) is 1.48. The fraction of sp³-hybridized carbons (Fsp3) is 0.385. The average molecular weight is 259 g/mol. The fourth-order valence-corrected chi connectivity index (χ4v) is 1.48. The van der Waals surface area contributed by atoms with Crippen LogP contribution in [0, 0.1) is 0 Å². The number of alkyl halides is 3. The molecule has 0 spiro atoms. The molecule has 1 aromatic rings. The first-order chi connectivity index (χ1) is 8.40. The first-order valence-electron chi connectivity index (χ1n) is 5.64. The number of nitrogens with one attached hydrogen (secondary N) is 1. The Labute approximate surface area is 104 Å². The SMILES string of the molecule is C=CCCC(C)Nc1ccc(OC(F)(F)F)cc1. The van der Waals surface area contributed by atoms with Gasteiger partial charge in [0.25, 0.3) is 0 Å². The molecule has 100 valence electrons. The van der Waals surface area contributed by atoms with Crippen LogP contribution in [0.3, 0.4) is 0 Å². The Bertz CT molecular complexity index is 373. The quantitative estimate of drug-likeness (QED) is 0.767. The molecule has 0 aromatic heterocycles. The molecule has 0 aliphatic rings. The minimum atomic E-state index is -4.65. The zero-order valence-corrected chi connectivity index (χ0v) is 10.1. The van der Waals surface area contributed by atoms with Gasteiger partial charge in [-0.25, -0.2) is 0 Å². The van der Waals surface area contributed by atoms with Gasteiger partial charge < -0.3 is 10.1 Å². The van der Waals surface area contributed by atoms with E-state index in [1.807, 2.05) is 13.0 Å². The molecule has 0 amide bonds. The summed E-state index contributed by atoms with van der Waals surface area (Å²) in [6.07, 6.45) is -1.00. The molecule has 0 saturated carbocycles. The normalized spacial score (nSPS) is 12.9. The monoisotopic (exact) mass is 259 g/mol. The van der Waals surface area contributed by atoms with Crippen molar-refractivity contribution in [3.63, 3.8) is 0 Å². The third kappa shape index (κ3) is 5.61. The van der Waals surface area contributed by atoms with E-state index in [9.17, 15) is 13.2 Å². The Morgan fingerprint density at radius 1 is 1.33 bits per heavy atom. The van der Waals surface area contributed by atoms with Gasteiger partial charge in [-0.3, -0.25) is 0 Å². The summed E-state index contributed by atoms with van der Waals surface area (Å²) in [4.78, 5) is 0. The molecule has 2 nitrogen and oxygen atoms in total. The summed E-state index contributed by atoms with van der Waals surface area (Å²) in [7, 11) is 0. The maximum atomic E-state index is 11.9. The largest absolute Gasteiger partial charge is 0.573 e. The number of halogens is 3. The molecule has 1 atom stereocenters. The molecule has 0 radical (unpaired) electrons. The molecule has 1 unspecified atom stereocenters. The van der Waals surface area contributed by atoms with Gasteiger partial charge in [0, 0.05) is 11.7 Å². The van der Waals surface area contributed by atoms with Gasteiger partial charge in [-0.15, -0.1) is 19.8 Å². The molecule has 1 N–H and O–H groups in total. The van der Waals surface area contributed by atoms with Gasteiger partial charge in [-0.1, -0.05) is 6.08 Å². The molecular formula is C13H16F3NO. The zero-order chi connectivity index (χ0) is 13.6. The Balaban J connectivity index is 2.52. The van der Waals surface area contributed by atoms with Crippen LogP contribution in [0.15, 0.2) is 36.9 Å². The highest BCUT2D eigenvalue weighted by atomic mass is 19.4. The van der Waals surface area contributed by atoms with E-state index < -0.39 is 6.36 Å². The number of rotatable bonds is 6. The Morgan fingerprint density at radius 3 is 2.44 bits per heavy atom. The standard InChI is InChI=1S/C13H16F3NO/c1-3-4-5-10(2)17-11-6-8-12(9-7-11)18-13(14,15)16/h3,6-10,17H,1,4-5H2,2H3. The number of hydrogen-bond acceptors (Lipinski definition) is 2. The predicted octanol–water partition coefficient (Wildman–Crippen LogP) is 4.35. The molecule has 0 fully saturated rings. The van der Waals surface area contributed by atoms with Crippen molar-refractivity contribution in [1.29, 1.82) is 0 Å². The number of anilines is 1. The molecular weight excluding hydrogens is 243 g/mol. The topological polar surface area (TPSA) is 21.3 Å². The lowest BCUT2D eigenvalue weighted by Gasteiger charge is -2.15. The minimum absolute atomic E-state index is 0.216. The van der Waals surface area contributed by atoms with Gasteiger partial charge in [-0.2, -0.15) is 0 Å². The average Bonchev–Trinajstić information content (AvgIpc) is 2.27. The van der Waals surface area contributed by atoms with Gasteiger partial charge in [0.2, 0.25) is 0 Å². The third-order valence-electron chi connectivity index (χ3n) is 2.30. The van der Waals surface area contributed by atoms with Crippen LogP contribution in [-0.4, -0.2) is 12.4 Å². The summed E-state index contributed by atoms with van der Waals surface area (Å²) >= 11 is 0. The second-order valence-electron chi connectivity index (χ2n) is 3.98. The number of ether oxygens (including phenoxy) is 1. The maximum absolute atomic E-state index is 11.9. The summed E-state index contributed by atoms with van der Waals surface area (Å²) in [6, 6.07) is 5.93. The van der Waals surface area contributed by atoms with Crippen molar-refractivity contribution in [3.8, 4) is 5.75 Å². The lowest BCUT2D eigenvalue weighted by Crippen LogP contribution is -2.17. The summed E-state index contributed by atoms with van der Waals surface area (Å²) in [5.74, 6) is -0.216. The van der Waals surface area contributed by atoms with Crippen molar-refractivity contribution in [1.82, 2.24) is 0 Å². The smallest absolute Gasteiger partial charge is 0.406 e. The lowest BCUT2D eigenvalue weighted by atomic mass is 10.1. The highest BCUT2D eigenvalue weighted by Crippen LogP contribution is 2.24. The van der Waals surface area contributed by atoms with Gasteiger partial charge in [-0.05, 0) is 44.0 Å². The Hall–Kier alpha value is -1.65. The van der Waals surface area contributed by atoms with Crippen LogP contribution in [0.25, 0.3) is 0 Å². The molecule has 1 aromatic carbocycles. The van der Waals surface area contributed by atoms with E-state index in [1.54, 1.807) is 12.1 Å². The van der Waals surface area contributed by atoms with Crippen LogP contribution >= 0.6 is 0 Å². The highest BCUT2D eigenvalue weighted by molar-refractivity contribution is 5.46. The second kappa shape index (κ2) is 6.33. The molecule has 5 heteroatoms. The zero-order valence-electron chi connectivity index (χ0n) is 10.1. The van der Waals surface area contributed by atoms with Gasteiger partial charge in [0.1, 0.15) is 5.75 Å². The Morgan fingerprint density at radius 2 is 1.94 bits per heavy atom. The van der Waals surface area contributed by atoms with Crippen molar-refractivity contribution in [2.24, 2.45) is 0 Å². The summed E-state index contributed by atoms with van der Waals surface area (Å²) < 4.78 is 39.6. The number of benzene rings is 1. The second-order valence-corrected chi connectivity index (χ2v) is 3.98. The molecule has 0 aliphatic heterocycles. The van der Waals surface area contributed by atoms with Crippen LogP contribution in [0.2, 0.25) is 0 Å². The van der Waals surface area contributed by atoms with E-state index in [1.165, 1.54) is 12.1 Å². The van der Waals surface area contributed by atoms with Crippen LogP contribution in [0.4, 0.5) is 18.9 Å². The van der Waals surface area contributed by atoms with Gasteiger partial charge in [0.05, 0.1) is 0 Å². The van der Waals surface area contributed by atoms with E-state index >= 15 is 0 Å². The van der Waals surface area contributed by atoms with Crippen molar-refractivity contribution >= 4 is 5.69 Å². The van der Waals surface area contributed by atoms with E-state index in [4.69, 9.17) is 0 Å². The van der Waals surface area contributed by atoms with Crippen LogP contribution in [0.5, 0.6) is 5.75 Å². The summed E-state index contributed by atoms with van der Waals surface area (Å²) in [5, 5.41) is 3.18. The molecule has 0 heterocycles. The first kappa shape index (κ1) is 14.4. The molecule has 18 heavy (non-hydrogen) atoms. The number of allylic oxidation sites excluding steroid dienone is 1. The van der Waals surface area contributed by atoms with Crippen LogP contribution < -0.4 is 10.1 Å². The molecule has 0 saturated heterocycles. The van der Waals surface area contributed by atoms with E-state index in [0.29, 0.717) is 0 Å². The van der Waals surface area contributed by atoms with E-state index in [2.05, 4.69) is 16.6 Å². The summed E-state index contributed by atoms with van der Waals surface area (Å²) in [5.41, 5.74) is 0.765. The van der Waals surface area contributed by atoms with Gasteiger partial charge >= 0.3 is 6.36 Å². The van der Waals surface area contributed by atoms with Crippen molar-refractivity contribution in [2.75, 3.05) is 5.32 Å². The van der Waals surface area contributed by atoms with Gasteiger partial charge in [0.15, 0.2) is 0 Å². The number of hydrogen-bond donors (Lipinski definition) is 1. The van der Waals surface area contributed by atoms with E-state index in [-0.39, 0.29) is 11.8 Å². The third-order valence-corrected chi connectivity index (χ3v) is 2.30. The molecule has 0 aliphatic carbocycles. The Kier molecular flexibility index (Phi) is 5.07. The summed E-state index contributed by atoms with van der Waals surface area (Å²) in [6.45, 7) is 5.64. The van der Waals surface area contributed by atoms with Crippen molar-refractivity contribution in [3.05, 3.63) is 36.9 Å². The first-order valence-corrected chi connectivity index (χ1v) is 5.64. The van der Waals surface area contributed by atoms with Crippen LogP contribution in [-0.2, 0) is 0 Å². The van der Waals surface area contributed by atoms with Crippen LogP contribution in [0.1, 0.15) is 19.8 Å². The van der Waals surface area contributed by atoms with E-state index in [0.717, 1.165) is 18.5 Å². The minimum Gasteiger partial charge on any atom is -0.406 e. The molecule has 0 bridgehead atoms. The molecule has 1 rings (SSSR count). The lowest BCUT2D eigenvalue weighted by molar-refractivity contribution is -0.274. The predicted molar refractivity (Wildman–Crippen MR) is 65.6 cm³/mol. The maximum Gasteiger partial charge on any atom is 0.573 e. The van der Waals surface area contributed by atoms with Crippen molar-refractivity contribution in [2.45, 2.75) is 32.2 Å². The highest BCUT2D eigenvalue weighted by Gasteiger charge is 2.30. The van der Waals surface area contributed by atoms with Crippen molar-refractivity contribution < 1.29 is 17.9 Å².